The first-order valence-electron chi connectivity index (χ1n) is 5.78. The molecule has 0 saturated heterocycles. The molecule has 1 unspecified atom stereocenters. The maximum Gasteiger partial charge on any atom is 0.331 e. The van der Waals surface area contributed by atoms with Crippen molar-refractivity contribution in [3.63, 3.8) is 0 Å². The molecule has 0 aliphatic carbocycles. The second-order valence-corrected chi connectivity index (χ2v) is 5.69. The lowest BCUT2D eigenvalue weighted by Crippen LogP contribution is -2.41. The number of rotatable bonds is 4. The van der Waals surface area contributed by atoms with E-state index in [2.05, 4.69) is 0 Å². The zero-order valence-corrected chi connectivity index (χ0v) is 11.3. The Morgan fingerprint density at radius 2 is 1.32 bits per heavy atom. The maximum atomic E-state index is 12.2. The second-order valence-electron chi connectivity index (χ2n) is 4.17. The van der Waals surface area contributed by atoms with E-state index in [0.29, 0.717) is 11.1 Å². The van der Waals surface area contributed by atoms with Crippen LogP contribution >= 0.6 is 0 Å². The highest BCUT2D eigenvalue weighted by Gasteiger charge is 2.46. The van der Waals surface area contributed by atoms with Crippen molar-refractivity contribution in [3.8, 4) is 0 Å². The molecule has 0 aromatic heterocycles. The lowest BCUT2D eigenvalue weighted by Gasteiger charge is -2.28. The molecular formula is C15H14O3S. The lowest BCUT2D eigenvalue weighted by atomic mass is 9.90. The standard InChI is InChI=1S/C15H14O3S/c1-19(18)15(14(16)17,12-8-4-2-5-9-12)13-10-6-3-7-11-13/h2-11H,1H3,(H,16,17). The number of benzene rings is 2. The largest absolute Gasteiger partial charge is 0.480 e. The van der Waals surface area contributed by atoms with Gasteiger partial charge in [0.1, 0.15) is 0 Å². The Labute approximate surface area is 114 Å². The van der Waals surface area contributed by atoms with Gasteiger partial charge in [-0.25, -0.2) is 4.79 Å². The highest BCUT2D eigenvalue weighted by Crippen LogP contribution is 2.35. The summed E-state index contributed by atoms with van der Waals surface area (Å²) in [4.78, 5) is 11.9. The molecule has 2 aromatic rings. The fourth-order valence-corrected chi connectivity index (χ4v) is 3.40. The fraction of sp³-hybridized carbons (Fsp3) is 0.133. The molecule has 2 aromatic carbocycles. The van der Waals surface area contributed by atoms with Gasteiger partial charge in [0.25, 0.3) is 0 Å². The number of carboxylic acid groups (broad SMARTS) is 1. The van der Waals surface area contributed by atoms with E-state index in [4.69, 9.17) is 0 Å². The fourth-order valence-electron chi connectivity index (χ4n) is 2.21. The number of hydrogen-bond donors (Lipinski definition) is 1. The maximum absolute atomic E-state index is 12.2. The first kappa shape index (κ1) is 13.5. The van der Waals surface area contributed by atoms with Crippen LogP contribution in [0.4, 0.5) is 0 Å². The molecule has 0 bridgehead atoms. The molecule has 1 atom stereocenters. The zero-order chi connectivity index (χ0) is 13.9. The molecule has 4 heteroatoms. The molecule has 0 aliphatic rings. The van der Waals surface area contributed by atoms with Crippen molar-refractivity contribution in [2.45, 2.75) is 4.75 Å². The van der Waals surface area contributed by atoms with Crippen molar-refractivity contribution in [3.05, 3.63) is 71.8 Å². The van der Waals surface area contributed by atoms with Gasteiger partial charge in [-0.3, -0.25) is 4.21 Å². The minimum absolute atomic E-state index is 0.523. The van der Waals surface area contributed by atoms with Crippen molar-refractivity contribution in [1.29, 1.82) is 0 Å². The van der Waals surface area contributed by atoms with Crippen molar-refractivity contribution in [1.82, 2.24) is 0 Å². The zero-order valence-electron chi connectivity index (χ0n) is 10.4. The molecule has 1 N–H and O–H groups in total. The van der Waals surface area contributed by atoms with Gasteiger partial charge in [0, 0.05) is 17.1 Å². The Kier molecular flexibility index (Phi) is 3.81. The third-order valence-corrected chi connectivity index (χ3v) is 4.60. The summed E-state index contributed by atoms with van der Waals surface area (Å²) in [6.45, 7) is 0. The molecule has 98 valence electrons. The van der Waals surface area contributed by atoms with Gasteiger partial charge in [-0.1, -0.05) is 60.7 Å². The molecule has 2 rings (SSSR count). The van der Waals surface area contributed by atoms with E-state index in [9.17, 15) is 14.1 Å². The van der Waals surface area contributed by atoms with Crippen LogP contribution < -0.4 is 0 Å². The van der Waals surface area contributed by atoms with E-state index in [0.717, 1.165) is 0 Å². The molecule has 19 heavy (non-hydrogen) atoms. The summed E-state index contributed by atoms with van der Waals surface area (Å²) >= 11 is 0. The summed E-state index contributed by atoms with van der Waals surface area (Å²) in [5, 5.41) is 9.71. The Morgan fingerprint density at radius 1 is 0.947 bits per heavy atom. The number of aliphatic carboxylic acids is 1. The van der Waals surface area contributed by atoms with Crippen LogP contribution in [-0.4, -0.2) is 21.5 Å². The third-order valence-electron chi connectivity index (χ3n) is 3.09. The van der Waals surface area contributed by atoms with Crippen LogP contribution in [0.2, 0.25) is 0 Å². The minimum Gasteiger partial charge on any atom is -0.480 e. The Hall–Kier alpha value is -1.94. The molecule has 0 fully saturated rings. The van der Waals surface area contributed by atoms with Crippen LogP contribution in [0.1, 0.15) is 11.1 Å². The van der Waals surface area contributed by atoms with Gasteiger partial charge in [-0.2, -0.15) is 0 Å². The van der Waals surface area contributed by atoms with Crippen molar-refractivity contribution >= 4 is 16.8 Å². The summed E-state index contributed by atoms with van der Waals surface area (Å²) in [6.07, 6.45) is 1.42. The molecule has 0 aliphatic heterocycles. The van der Waals surface area contributed by atoms with Gasteiger partial charge in [0.05, 0.1) is 0 Å². The van der Waals surface area contributed by atoms with Crippen LogP contribution in [0.5, 0.6) is 0 Å². The Morgan fingerprint density at radius 3 is 1.58 bits per heavy atom. The molecule has 3 nitrogen and oxygen atoms in total. The monoisotopic (exact) mass is 274 g/mol. The van der Waals surface area contributed by atoms with Gasteiger partial charge in [-0.15, -0.1) is 0 Å². The van der Waals surface area contributed by atoms with Crippen LogP contribution in [0, 0.1) is 0 Å². The van der Waals surface area contributed by atoms with Crippen LogP contribution in [-0.2, 0) is 20.3 Å². The summed E-state index contributed by atoms with van der Waals surface area (Å²) < 4.78 is 10.7. The van der Waals surface area contributed by atoms with E-state index >= 15 is 0 Å². The average molecular weight is 274 g/mol. The molecule has 0 saturated carbocycles. The summed E-state index contributed by atoms with van der Waals surface area (Å²) in [6, 6.07) is 17.4. The van der Waals surface area contributed by atoms with Crippen LogP contribution in [0.25, 0.3) is 0 Å². The SMILES string of the molecule is CS(=O)C(C(=O)O)(c1ccccc1)c1ccccc1. The smallest absolute Gasteiger partial charge is 0.331 e. The van der Waals surface area contributed by atoms with Crippen molar-refractivity contribution in [2.24, 2.45) is 0 Å². The number of hydrogen-bond acceptors (Lipinski definition) is 2. The molecular weight excluding hydrogens is 260 g/mol. The number of carbonyl (C=O) groups is 1. The quantitative estimate of drug-likeness (QED) is 0.931. The minimum atomic E-state index is -1.59. The summed E-state index contributed by atoms with van der Waals surface area (Å²) in [5.41, 5.74) is 1.05. The van der Waals surface area contributed by atoms with E-state index in [1.165, 1.54) is 6.26 Å². The summed E-state index contributed by atoms with van der Waals surface area (Å²) in [5.74, 6) is -1.11. The van der Waals surface area contributed by atoms with Crippen LogP contribution in [0.3, 0.4) is 0 Å². The van der Waals surface area contributed by atoms with Gasteiger partial charge < -0.3 is 5.11 Å². The van der Waals surface area contributed by atoms with E-state index in [-0.39, 0.29) is 0 Å². The van der Waals surface area contributed by atoms with Crippen molar-refractivity contribution < 1.29 is 14.1 Å². The van der Waals surface area contributed by atoms with Crippen LogP contribution in [0.15, 0.2) is 60.7 Å². The molecule has 0 amide bonds. The number of carboxylic acids is 1. The van der Waals surface area contributed by atoms with E-state index < -0.39 is 21.5 Å². The molecule has 0 spiro atoms. The first-order chi connectivity index (χ1) is 9.10. The van der Waals surface area contributed by atoms with Gasteiger partial charge in [0.15, 0.2) is 4.75 Å². The highest BCUT2D eigenvalue weighted by atomic mass is 32.2. The normalized spacial score (nSPS) is 12.9. The average Bonchev–Trinajstić information content (AvgIpc) is 2.41. The van der Waals surface area contributed by atoms with E-state index in [1.807, 2.05) is 0 Å². The van der Waals surface area contributed by atoms with Gasteiger partial charge in [0.2, 0.25) is 0 Å². The summed E-state index contributed by atoms with van der Waals surface area (Å²) in [7, 11) is -1.59. The van der Waals surface area contributed by atoms with E-state index in [1.54, 1.807) is 60.7 Å². The Balaban J connectivity index is 2.77. The third kappa shape index (κ3) is 2.19. The first-order valence-corrected chi connectivity index (χ1v) is 7.34. The predicted octanol–water partition coefficient (Wildman–Crippen LogP) is 2.39. The van der Waals surface area contributed by atoms with Gasteiger partial charge >= 0.3 is 5.97 Å². The molecule has 0 heterocycles. The lowest BCUT2D eigenvalue weighted by molar-refractivity contribution is -0.139. The highest BCUT2D eigenvalue weighted by molar-refractivity contribution is 7.86. The topological polar surface area (TPSA) is 54.4 Å². The Bertz CT molecular complexity index is 538. The van der Waals surface area contributed by atoms with Gasteiger partial charge in [-0.05, 0) is 11.1 Å². The second kappa shape index (κ2) is 5.36. The predicted molar refractivity (Wildman–Crippen MR) is 75.4 cm³/mol. The van der Waals surface area contributed by atoms with Crippen molar-refractivity contribution in [2.75, 3.05) is 6.26 Å². The molecule has 0 radical (unpaired) electrons.